The molecule has 2 N–H and O–H groups in total. The molecule has 0 spiro atoms. The zero-order valence-electron chi connectivity index (χ0n) is 13.9. The molecule has 5 heteroatoms. The van der Waals surface area contributed by atoms with Crippen molar-refractivity contribution in [3.05, 3.63) is 24.3 Å². The Morgan fingerprint density at radius 3 is 2.41 bits per heavy atom. The maximum absolute atomic E-state index is 11.8. The fourth-order valence-electron chi connectivity index (χ4n) is 2.64. The van der Waals surface area contributed by atoms with Crippen LogP contribution >= 0.6 is 0 Å². The minimum atomic E-state index is -0.157. The Morgan fingerprint density at radius 1 is 1.27 bits per heavy atom. The van der Waals surface area contributed by atoms with Crippen LogP contribution in [0.2, 0.25) is 0 Å². The fraction of sp³-hybridized carbons (Fsp3) is 0.588. The summed E-state index contributed by atoms with van der Waals surface area (Å²) in [7, 11) is 0. The first-order valence-electron chi connectivity index (χ1n) is 8.06. The van der Waals surface area contributed by atoms with Crippen molar-refractivity contribution in [3.8, 4) is 0 Å². The summed E-state index contributed by atoms with van der Waals surface area (Å²) in [4.78, 5) is 14.1. The highest BCUT2D eigenvalue weighted by Gasteiger charge is 2.22. The molecule has 22 heavy (non-hydrogen) atoms. The molecule has 0 radical (unpaired) electrons. The molecule has 1 aromatic rings. The number of hydrogen-bond donors (Lipinski definition) is 2. The molecule has 0 unspecified atom stereocenters. The Bertz CT molecular complexity index is 479. The molecule has 1 heterocycles. The summed E-state index contributed by atoms with van der Waals surface area (Å²) in [5.41, 5.74) is 1.97. The highest BCUT2D eigenvalue weighted by atomic mass is 16.5. The lowest BCUT2D eigenvalue weighted by atomic mass is 10.2. The van der Waals surface area contributed by atoms with Gasteiger partial charge in [0, 0.05) is 30.5 Å². The summed E-state index contributed by atoms with van der Waals surface area (Å²) < 4.78 is 5.75. The molecule has 2 rings (SSSR count). The van der Waals surface area contributed by atoms with E-state index in [1.807, 2.05) is 38.1 Å². The second-order valence-electron chi connectivity index (χ2n) is 6.12. The fourth-order valence-corrected chi connectivity index (χ4v) is 2.64. The van der Waals surface area contributed by atoms with Gasteiger partial charge in [-0.3, -0.25) is 0 Å². The van der Waals surface area contributed by atoms with Crippen molar-refractivity contribution < 1.29 is 9.53 Å². The molecule has 0 aliphatic carbocycles. The standard InChI is InChI=1S/C17H27N3O2/c1-5-12(2)18-17(21)19-15-6-8-16(9-7-15)20-10-13(3)22-14(4)11-20/h6-9,12-14H,5,10-11H2,1-4H3,(H2,18,19,21)/t12-,13+,14+/m0/s1. The topological polar surface area (TPSA) is 53.6 Å². The number of amides is 2. The van der Waals surface area contributed by atoms with E-state index in [0.29, 0.717) is 0 Å². The van der Waals surface area contributed by atoms with Crippen LogP contribution in [0.3, 0.4) is 0 Å². The number of rotatable bonds is 4. The van der Waals surface area contributed by atoms with Gasteiger partial charge in [0.25, 0.3) is 0 Å². The lowest BCUT2D eigenvalue weighted by Gasteiger charge is -2.36. The molecular formula is C17H27N3O2. The van der Waals surface area contributed by atoms with Crippen LogP contribution in [-0.2, 0) is 4.74 Å². The van der Waals surface area contributed by atoms with Crippen molar-refractivity contribution in [1.29, 1.82) is 0 Å². The maximum atomic E-state index is 11.8. The van der Waals surface area contributed by atoms with Crippen LogP contribution < -0.4 is 15.5 Å². The van der Waals surface area contributed by atoms with Gasteiger partial charge in [-0.25, -0.2) is 4.79 Å². The summed E-state index contributed by atoms with van der Waals surface area (Å²) in [6.07, 6.45) is 1.39. The van der Waals surface area contributed by atoms with Crippen LogP contribution in [0.4, 0.5) is 16.2 Å². The third-order valence-corrected chi connectivity index (χ3v) is 3.90. The van der Waals surface area contributed by atoms with E-state index in [1.54, 1.807) is 0 Å². The van der Waals surface area contributed by atoms with Crippen LogP contribution in [0.25, 0.3) is 0 Å². The van der Waals surface area contributed by atoms with Crippen molar-refractivity contribution in [2.24, 2.45) is 0 Å². The van der Waals surface area contributed by atoms with E-state index in [0.717, 1.165) is 30.9 Å². The minimum Gasteiger partial charge on any atom is -0.372 e. The highest BCUT2D eigenvalue weighted by Crippen LogP contribution is 2.22. The van der Waals surface area contributed by atoms with E-state index in [-0.39, 0.29) is 24.3 Å². The van der Waals surface area contributed by atoms with Crippen LogP contribution in [-0.4, -0.2) is 37.4 Å². The molecule has 1 saturated heterocycles. The van der Waals surface area contributed by atoms with E-state index in [4.69, 9.17) is 4.74 Å². The highest BCUT2D eigenvalue weighted by molar-refractivity contribution is 5.89. The summed E-state index contributed by atoms with van der Waals surface area (Å²) in [6, 6.07) is 7.99. The molecule has 0 saturated carbocycles. The predicted octanol–water partition coefficient (Wildman–Crippen LogP) is 3.22. The number of hydrogen-bond acceptors (Lipinski definition) is 3. The average molecular weight is 305 g/mol. The normalized spacial score (nSPS) is 23.0. The van der Waals surface area contributed by atoms with Gasteiger partial charge in [0.1, 0.15) is 0 Å². The lowest BCUT2D eigenvalue weighted by Crippen LogP contribution is -2.45. The van der Waals surface area contributed by atoms with E-state index in [1.165, 1.54) is 0 Å². The lowest BCUT2D eigenvalue weighted by molar-refractivity contribution is -0.00521. The van der Waals surface area contributed by atoms with Crippen molar-refractivity contribution in [1.82, 2.24) is 5.32 Å². The van der Waals surface area contributed by atoms with Crippen molar-refractivity contribution in [2.75, 3.05) is 23.3 Å². The quantitative estimate of drug-likeness (QED) is 0.898. The molecule has 1 fully saturated rings. The number of benzene rings is 1. The largest absolute Gasteiger partial charge is 0.372 e. The zero-order chi connectivity index (χ0) is 16.1. The molecule has 122 valence electrons. The Morgan fingerprint density at radius 2 is 1.86 bits per heavy atom. The molecule has 0 aromatic heterocycles. The number of carbonyl (C=O) groups is 1. The van der Waals surface area contributed by atoms with Gasteiger partial charge in [-0.15, -0.1) is 0 Å². The summed E-state index contributed by atoms with van der Waals surface area (Å²) in [6.45, 7) is 10.0. The molecule has 2 amide bonds. The monoisotopic (exact) mass is 305 g/mol. The average Bonchev–Trinajstić information content (AvgIpc) is 2.46. The van der Waals surface area contributed by atoms with Crippen molar-refractivity contribution >= 4 is 17.4 Å². The Hall–Kier alpha value is -1.75. The first kappa shape index (κ1) is 16.6. The minimum absolute atomic E-state index is 0.157. The molecule has 5 nitrogen and oxygen atoms in total. The molecule has 3 atom stereocenters. The van der Waals surface area contributed by atoms with Crippen LogP contribution in [0.1, 0.15) is 34.1 Å². The van der Waals surface area contributed by atoms with Crippen LogP contribution in [0.15, 0.2) is 24.3 Å². The SMILES string of the molecule is CC[C@H](C)NC(=O)Nc1ccc(N2C[C@@H](C)O[C@H](C)C2)cc1. The first-order valence-corrected chi connectivity index (χ1v) is 8.06. The van der Waals surface area contributed by atoms with Gasteiger partial charge in [-0.05, 0) is 51.5 Å². The predicted molar refractivity (Wildman–Crippen MR) is 90.6 cm³/mol. The molecular weight excluding hydrogens is 278 g/mol. The molecule has 1 aromatic carbocycles. The number of carbonyl (C=O) groups excluding carboxylic acids is 1. The number of urea groups is 1. The summed E-state index contributed by atoms with van der Waals surface area (Å²) in [5.74, 6) is 0. The van der Waals surface area contributed by atoms with E-state index < -0.39 is 0 Å². The van der Waals surface area contributed by atoms with Gasteiger partial charge in [0.2, 0.25) is 0 Å². The van der Waals surface area contributed by atoms with Crippen LogP contribution in [0, 0.1) is 0 Å². The molecule has 1 aliphatic rings. The third-order valence-electron chi connectivity index (χ3n) is 3.90. The van der Waals surface area contributed by atoms with E-state index in [9.17, 15) is 4.79 Å². The molecule has 1 aliphatic heterocycles. The first-order chi connectivity index (χ1) is 10.5. The second-order valence-corrected chi connectivity index (χ2v) is 6.12. The van der Waals surface area contributed by atoms with Gasteiger partial charge in [-0.2, -0.15) is 0 Å². The van der Waals surface area contributed by atoms with Crippen molar-refractivity contribution in [3.63, 3.8) is 0 Å². The second kappa shape index (κ2) is 7.49. The third kappa shape index (κ3) is 4.63. The van der Waals surface area contributed by atoms with Crippen molar-refractivity contribution in [2.45, 2.75) is 52.4 Å². The number of nitrogens with zero attached hydrogens (tertiary/aromatic N) is 1. The Labute approximate surface area is 133 Å². The summed E-state index contributed by atoms with van der Waals surface area (Å²) >= 11 is 0. The number of ether oxygens (including phenoxy) is 1. The maximum Gasteiger partial charge on any atom is 0.319 e. The van der Waals surface area contributed by atoms with Gasteiger partial charge in [-0.1, -0.05) is 6.92 Å². The Kier molecular flexibility index (Phi) is 5.66. The zero-order valence-corrected chi connectivity index (χ0v) is 13.9. The number of anilines is 2. The number of morpholine rings is 1. The van der Waals surface area contributed by atoms with E-state index >= 15 is 0 Å². The molecule has 0 bridgehead atoms. The van der Waals surface area contributed by atoms with Gasteiger partial charge in [0.05, 0.1) is 12.2 Å². The van der Waals surface area contributed by atoms with Gasteiger partial charge < -0.3 is 20.3 Å². The van der Waals surface area contributed by atoms with Gasteiger partial charge >= 0.3 is 6.03 Å². The van der Waals surface area contributed by atoms with Crippen LogP contribution in [0.5, 0.6) is 0 Å². The Balaban J connectivity index is 1.94. The smallest absolute Gasteiger partial charge is 0.319 e. The van der Waals surface area contributed by atoms with Gasteiger partial charge in [0.15, 0.2) is 0 Å². The number of nitrogens with one attached hydrogen (secondary N) is 2. The summed E-state index contributed by atoms with van der Waals surface area (Å²) in [5, 5.41) is 5.75. The van der Waals surface area contributed by atoms with E-state index in [2.05, 4.69) is 29.4 Å².